The third-order valence-corrected chi connectivity index (χ3v) is 3.04. The number of hydrogen-bond acceptors (Lipinski definition) is 2. The molecule has 1 rings (SSSR count). The Morgan fingerprint density at radius 3 is 2.58 bits per heavy atom. The molecule has 102 valence electrons. The first kappa shape index (κ1) is 15.8. The van der Waals surface area contributed by atoms with Gasteiger partial charge in [-0.15, -0.1) is 5.73 Å². The molecule has 0 saturated carbocycles. The highest BCUT2D eigenvalue weighted by Crippen LogP contribution is 2.25. The van der Waals surface area contributed by atoms with Crippen molar-refractivity contribution < 1.29 is 9.53 Å². The number of aryl methyl sites for hydroxylation is 1. The Balaban J connectivity index is 3.14. The van der Waals surface area contributed by atoms with Crippen molar-refractivity contribution in [1.29, 1.82) is 0 Å². The van der Waals surface area contributed by atoms with Gasteiger partial charge in [0, 0.05) is 3.57 Å². The molecule has 0 N–H and O–H groups in total. The summed E-state index contributed by atoms with van der Waals surface area (Å²) in [6.07, 6.45) is 1.05. The molecule has 1 amide bonds. The number of carbonyl (C=O) groups excluding carboxylic acids is 1. The third-order valence-electron chi connectivity index (χ3n) is 2.17. The van der Waals surface area contributed by atoms with Crippen LogP contribution in [0.25, 0.3) is 0 Å². The van der Waals surface area contributed by atoms with Crippen molar-refractivity contribution in [2.24, 2.45) is 0 Å². The molecular weight excluding hydrogens is 353 g/mol. The smallest absolute Gasteiger partial charge is 0.419 e. The summed E-state index contributed by atoms with van der Waals surface area (Å²) in [5.41, 5.74) is 3.98. The molecule has 0 fully saturated rings. The van der Waals surface area contributed by atoms with Gasteiger partial charge in [-0.1, -0.05) is 12.6 Å². The van der Waals surface area contributed by atoms with Gasteiger partial charge in [-0.25, -0.2) is 9.69 Å². The lowest BCUT2D eigenvalue weighted by atomic mass is 10.2. The fourth-order valence-electron chi connectivity index (χ4n) is 1.43. The number of amides is 1. The number of rotatable bonds is 2. The molecule has 3 nitrogen and oxygen atoms in total. The molecule has 0 spiro atoms. The molecule has 0 aliphatic carbocycles. The van der Waals surface area contributed by atoms with E-state index in [-0.39, 0.29) is 0 Å². The Hall–Kier alpha value is -1.26. The van der Waals surface area contributed by atoms with E-state index < -0.39 is 11.7 Å². The molecule has 0 radical (unpaired) electrons. The van der Waals surface area contributed by atoms with Gasteiger partial charge in [-0.2, -0.15) is 0 Å². The quantitative estimate of drug-likeness (QED) is 0.560. The normalized spacial score (nSPS) is 10.6. The van der Waals surface area contributed by atoms with Crippen LogP contribution in [0.4, 0.5) is 10.5 Å². The number of carbonyl (C=O) groups is 1. The van der Waals surface area contributed by atoms with Crippen LogP contribution in [0.5, 0.6) is 0 Å². The van der Waals surface area contributed by atoms with Gasteiger partial charge in [-0.05, 0) is 68.0 Å². The van der Waals surface area contributed by atoms with E-state index in [9.17, 15) is 4.79 Å². The molecule has 0 heterocycles. The van der Waals surface area contributed by atoms with Crippen molar-refractivity contribution in [3.63, 3.8) is 0 Å². The number of halogens is 1. The van der Waals surface area contributed by atoms with Crippen LogP contribution in [0.15, 0.2) is 36.7 Å². The van der Waals surface area contributed by atoms with Crippen molar-refractivity contribution >= 4 is 34.4 Å². The molecule has 0 unspecified atom stereocenters. The highest BCUT2D eigenvalue weighted by Gasteiger charge is 2.23. The highest BCUT2D eigenvalue weighted by molar-refractivity contribution is 14.1. The summed E-state index contributed by atoms with van der Waals surface area (Å²) in [6.45, 7) is 11.0. The van der Waals surface area contributed by atoms with E-state index in [4.69, 9.17) is 4.74 Å². The van der Waals surface area contributed by atoms with Gasteiger partial charge >= 0.3 is 6.09 Å². The van der Waals surface area contributed by atoms with E-state index in [1.165, 1.54) is 11.1 Å². The molecule has 19 heavy (non-hydrogen) atoms. The van der Waals surface area contributed by atoms with Gasteiger partial charge < -0.3 is 4.74 Å². The standard InChI is InChI=1S/C15H18INO2/c1-6-9-17(14(18)19-15(3,4)5)13-8-7-11(2)10-12(13)16/h7-10H,1H2,2-5H3. The molecule has 0 aliphatic heterocycles. The largest absolute Gasteiger partial charge is 0.443 e. The third kappa shape index (κ3) is 4.73. The summed E-state index contributed by atoms with van der Waals surface area (Å²) in [4.78, 5) is 13.6. The molecule has 1 aromatic carbocycles. The predicted molar refractivity (Wildman–Crippen MR) is 86.3 cm³/mol. The Kier molecular flexibility index (Phi) is 5.20. The van der Waals surface area contributed by atoms with Gasteiger partial charge in [0.1, 0.15) is 5.60 Å². The minimum atomic E-state index is -0.541. The van der Waals surface area contributed by atoms with Crippen LogP contribution in [0.1, 0.15) is 26.3 Å². The lowest BCUT2D eigenvalue weighted by molar-refractivity contribution is 0.0596. The summed E-state index contributed by atoms with van der Waals surface area (Å²) >= 11 is 2.19. The van der Waals surface area contributed by atoms with E-state index in [0.717, 1.165) is 14.8 Å². The minimum Gasteiger partial charge on any atom is -0.443 e. The second-order valence-electron chi connectivity index (χ2n) is 5.14. The SMILES string of the molecule is C=C=CN(C(=O)OC(C)(C)C)c1ccc(C)cc1I. The molecule has 0 bridgehead atoms. The first-order chi connectivity index (χ1) is 8.74. The highest BCUT2D eigenvalue weighted by atomic mass is 127. The molecule has 4 heteroatoms. The van der Waals surface area contributed by atoms with Gasteiger partial charge in [0.15, 0.2) is 0 Å². The molecule has 0 atom stereocenters. The zero-order valence-corrected chi connectivity index (χ0v) is 13.8. The summed E-state index contributed by atoms with van der Waals surface area (Å²) < 4.78 is 6.34. The van der Waals surface area contributed by atoms with Crippen molar-refractivity contribution in [2.75, 3.05) is 4.90 Å². The van der Waals surface area contributed by atoms with E-state index in [2.05, 4.69) is 34.9 Å². The maximum Gasteiger partial charge on any atom is 0.419 e. The fourth-order valence-corrected chi connectivity index (χ4v) is 2.36. The lowest BCUT2D eigenvalue weighted by Gasteiger charge is -2.25. The molecule has 0 aliphatic rings. The zero-order valence-electron chi connectivity index (χ0n) is 11.7. The lowest BCUT2D eigenvalue weighted by Crippen LogP contribution is -2.33. The number of benzene rings is 1. The minimum absolute atomic E-state index is 0.439. The van der Waals surface area contributed by atoms with Gasteiger partial charge in [-0.3, -0.25) is 0 Å². The molecule has 0 aromatic heterocycles. The van der Waals surface area contributed by atoms with E-state index >= 15 is 0 Å². The summed E-state index contributed by atoms with van der Waals surface area (Å²) in [5, 5.41) is 0. The van der Waals surface area contributed by atoms with E-state index in [0.29, 0.717) is 0 Å². The second-order valence-corrected chi connectivity index (χ2v) is 6.30. The average Bonchev–Trinajstić information content (AvgIpc) is 2.24. The van der Waals surface area contributed by atoms with E-state index in [1.807, 2.05) is 45.9 Å². The maximum atomic E-state index is 12.2. The van der Waals surface area contributed by atoms with Crippen molar-refractivity contribution in [2.45, 2.75) is 33.3 Å². The first-order valence-corrected chi connectivity index (χ1v) is 6.97. The van der Waals surface area contributed by atoms with Crippen LogP contribution < -0.4 is 4.90 Å². The molecular formula is C15H18INO2. The average molecular weight is 371 g/mol. The number of hydrogen-bond donors (Lipinski definition) is 0. The van der Waals surface area contributed by atoms with Crippen molar-refractivity contribution in [1.82, 2.24) is 0 Å². The van der Waals surface area contributed by atoms with Crippen molar-refractivity contribution in [3.05, 3.63) is 45.8 Å². The van der Waals surface area contributed by atoms with Gasteiger partial charge in [0.05, 0.1) is 11.9 Å². The van der Waals surface area contributed by atoms with Crippen LogP contribution in [0, 0.1) is 10.5 Å². The van der Waals surface area contributed by atoms with E-state index in [1.54, 1.807) is 0 Å². The summed E-state index contributed by atoms with van der Waals surface area (Å²) in [7, 11) is 0. The van der Waals surface area contributed by atoms with Crippen LogP contribution in [0.3, 0.4) is 0 Å². The fraction of sp³-hybridized carbons (Fsp3) is 0.333. The van der Waals surface area contributed by atoms with Crippen LogP contribution in [-0.2, 0) is 4.74 Å². The topological polar surface area (TPSA) is 29.5 Å². The molecule has 0 saturated heterocycles. The predicted octanol–water partition coefficient (Wildman–Crippen LogP) is 4.64. The zero-order chi connectivity index (χ0) is 14.6. The van der Waals surface area contributed by atoms with Gasteiger partial charge in [0.2, 0.25) is 0 Å². The first-order valence-electron chi connectivity index (χ1n) is 5.89. The summed E-state index contributed by atoms with van der Waals surface area (Å²) in [6, 6.07) is 5.84. The maximum absolute atomic E-state index is 12.2. The second kappa shape index (κ2) is 6.26. The Labute approximate surface area is 128 Å². The monoisotopic (exact) mass is 371 g/mol. The van der Waals surface area contributed by atoms with Gasteiger partial charge in [0.25, 0.3) is 0 Å². The number of nitrogens with zero attached hydrogens (tertiary/aromatic N) is 1. The summed E-state index contributed by atoms with van der Waals surface area (Å²) in [5.74, 6) is 0. The molecule has 1 aromatic rings. The Morgan fingerprint density at radius 1 is 1.47 bits per heavy atom. The number of ether oxygens (including phenoxy) is 1. The van der Waals surface area contributed by atoms with Crippen LogP contribution in [-0.4, -0.2) is 11.7 Å². The number of anilines is 1. The Bertz CT molecular complexity index is 525. The van der Waals surface area contributed by atoms with Crippen LogP contribution in [0.2, 0.25) is 0 Å². The van der Waals surface area contributed by atoms with Crippen molar-refractivity contribution in [3.8, 4) is 0 Å². The van der Waals surface area contributed by atoms with Crippen LogP contribution >= 0.6 is 22.6 Å². The Morgan fingerprint density at radius 2 is 2.11 bits per heavy atom.